The summed E-state index contributed by atoms with van der Waals surface area (Å²) in [7, 11) is 0. The highest BCUT2D eigenvalue weighted by molar-refractivity contribution is 5.99. The highest BCUT2D eigenvalue weighted by Crippen LogP contribution is 2.23. The fraction of sp³-hybridized carbons (Fsp3) is 0.529. The van der Waals surface area contributed by atoms with Crippen molar-refractivity contribution < 1.29 is 9.59 Å². The second-order valence-corrected chi connectivity index (χ2v) is 5.95. The third kappa shape index (κ3) is 3.65. The minimum atomic E-state index is -0.239. The molecule has 1 aromatic carbocycles. The Morgan fingerprint density at radius 3 is 2.32 bits per heavy atom. The maximum Gasteiger partial charge on any atom is 0.243 e. The van der Waals surface area contributed by atoms with Crippen LogP contribution in [0.3, 0.4) is 0 Å². The van der Waals surface area contributed by atoms with Crippen LogP contribution in [-0.4, -0.2) is 41.9 Å². The van der Waals surface area contributed by atoms with Crippen molar-refractivity contribution in [2.45, 2.75) is 45.2 Å². The number of nitrogens with two attached hydrogens (primary N) is 1. The number of carbonyl (C=O) groups is 2. The van der Waals surface area contributed by atoms with Crippen LogP contribution < -0.4 is 10.6 Å². The molecular formula is C17H25N3O2. The van der Waals surface area contributed by atoms with Crippen molar-refractivity contribution in [1.29, 1.82) is 0 Å². The molecule has 0 aromatic heterocycles. The number of carbonyl (C=O) groups excluding carboxylic acids is 2. The molecular weight excluding hydrogens is 278 g/mol. The molecule has 2 atom stereocenters. The molecule has 0 bridgehead atoms. The number of nitrogens with zero attached hydrogens (tertiary/aromatic N) is 2. The first kappa shape index (κ1) is 16.5. The van der Waals surface area contributed by atoms with Crippen LogP contribution >= 0.6 is 0 Å². The molecule has 2 rings (SSSR count). The number of anilines is 1. The zero-order valence-electron chi connectivity index (χ0n) is 13.4. The third-order valence-corrected chi connectivity index (χ3v) is 4.32. The highest BCUT2D eigenvalue weighted by atomic mass is 16.2. The molecule has 1 aliphatic rings. The van der Waals surface area contributed by atoms with Crippen molar-refractivity contribution in [2.75, 3.05) is 18.0 Å². The first-order valence-electron chi connectivity index (χ1n) is 7.91. The Labute approximate surface area is 132 Å². The SMILES string of the molecule is C[C@@H]1CCC[C@H](C)N1C(=O)CN(C(=O)CN)c1ccccc1. The molecule has 5 heteroatoms. The fourth-order valence-electron chi connectivity index (χ4n) is 3.17. The van der Waals surface area contributed by atoms with Gasteiger partial charge in [-0.2, -0.15) is 0 Å². The summed E-state index contributed by atoms with van der Waals surface area (Å²) in [6.45, 7) is 4.10. The molecule has 120 valence electrons. The smallest absolute Gasteiger partial charge is 0.243 e. The van der Waals surface area contributed by atoms with E-state index in [1.165, 1.54) is 4.90 Å². The average Bonchev–Trinajstić information content (AvgIpc) is 2.52. The van der Waals surface area contributed by atoms with E-state index in [1.807, 2.05) is 35.2 Å². The van der Waals surface area contributed by atoms with Crippen LogP contribution in [0.4, 0.5) is 5.69 Å². The second kappa shape index (κ2) is 7.40. The van der Waals surface area contributed by atoms with Crippen molar-refractivity contribution in [1.82, 2.24) is 4.90 Å². The van der Waals surface area contributed by atoms with Gasteiger partial charge in [0.05, 0.1) is 6.54 Å². The molecule has 5 nitrogen and oxygen atoms in total. The van der Waals surface area contributed by atoms with Gasteiger partial charge in [0, 0.05) is 17.8 Å². The number of amides is 2. The largest absolute Gasteiger partial charge is 0.336 e. The molecule has 2 amide bonds. The summed E-state index contributed by atoms with van der Waals surface area (Å²) in [4.78, 5) is 28.2. The maximum absolute atomic E-state index is 12.7. The van der Waals surface area contributed by atoms with Crippen LogP contribution in [0.15, 0.2) is 30.3 Å². The lowest BCUT2D eigenvalue weighted by molar-refractivity contribution is -0.136. The summed E-state index contributed by atoms with van der Waals surface area (Å²) < 4.78 is 0. The van der Waals surface area contributed by atoms with Crippen LogP contribution in [0.2, 0.25) is 0 Å². The minimum absolute atomic E-state index is 0.00893. The van der Waals surface area contributed by atoms with Gasteiger partial charge in [0.15, 0.2) is 0 Å². The summed E-state index contributed by atoms with van der Waals surface area (Å²) in [6, 6.07) is 9.67. The van der Waals surface area contributed by atoms with Crippen LogP contribution in [0.1, 0.15) is 33.1 Å². The Balaban J connectivity index is 2.16. The summed E-state index contributed by atoms with van der Waals surface area (Å²) >= 11 is 0. The molecule has 1 aromatic rings. The quantitative estimate of drug-likeness (QED) is 0.922. The van der Waals surface area contributed by atoms with E-state index < -0.39 is 0 Å². The topological polar surface area (TPSA) is 66.6 Å². The van der Waals surface area contributed by atoms with E-state index in [4.69, 9.17) is 5.73 Å². The summed E-state index contributed by atoms with van der Waals surface area (Å²) in [5, 5.41) is 0. The Morgan fingerprint density at radius 1 is 1.18 bits per heavy atom. The predicted octanol–water partition coefficient (Wildman–Crippen LogP) is 1.77. The molecule has 22 heavy (non-hydrogen) atoms. The lowest BCUT2D eigenvalue weighted by atomic mass is 9.97. The number of likely N-dealkylation sites (tertiary alicyclic amines) is 1. The molecule has 1 aliphatic heterocycles. The van der Waals surface area contributed by atoms with E-state index in [9.17, 15) is 9.59 Å². The zero-order chi connectivity index (χ0) is 16.1. The Bertz CT molecular complexity index is 508. The normalized spacial score (nSPS) is 21.5. The summed E-state index contributed by atoms with van der Waals surface area (Å²) in [5.74, 6) is -0.248. The molecule has 1 fully saturated rings. The van der Waals surface area contributed by atoms with Crippen molar-refractivity contribution in [2.24, 2.45) is 5.73 Å². The van der Waals surface area contributed by atoms with Gasteiger partial charge in [-0.3, -0.25) is 9.59 Å². The molecule has 2 N–H and O–H groups in total. The molecule has 0 radical (unpaired) electrons. The summed E-state index contributed by atoms with van der Waals surface area (Å²) in [6.07, 6.45) is 3.19. The van der Waals surface area contributed by atoms with Gasteiger partial charge < -0.3 is 15.5 Å². The van der Waals surface area contributed by atoms with Crippen molar-refractivity contribution in [3.63, 3.8) is 0 Å². The number of piperidine rings is 1. The lowest BCUT2D eigenvalue weighted by Gasteiger charge is -2.40. The van der Waals surface area contributed by atoms with Crippen molar-refractivity contribution in [3.05, 3.63) is 30.3 Å². The number of para-hydroxylation sites is 1. The highest BCUT2D eigenvalue weighted by Gasteiger charge is 2.30. The number of rotatable bonds is 4. The van der Waals surface area contributed by atoms with E-state index >= 15 is 0 Å². The van der Waals surface area contributed by atoms with Gasteiger partial charge in [0.25, 0.3) is 0 Å². The molecule has 0 unspecified atom stereocenters. The zero-order valence-corrected chi connectivity index (χ0v) is 13.4. The monoisotopic (exact) mass is 303 g/mol. The van der Waals surface area contributed by atoms with E-state index in [-0.39, 0.29) is 37.0 Å². The molecule has 1 saturated heterocycles. The predicted molar refractivity (Wildman–Crippen MR) is 87.5 cm³/mol. The average molecular weight is 303 g/mol. The molecule has 1 heterocycles. The minimum Gasteiger partial charge on any atom is -0.336 e. The molecule has 0 saturated carbocycles. The summed E-state index contributed by atoms with van der Waals surface area (Å²) in [5.41, 5.74) is 6.21. The van der Waals surface area contributed by atoms with E-state index in [0.717, 1.165) is 19.3 Å². The van der Waals surface area contributed by atoms with E-state index in [0.29, 0.717) is 5.69 Å². The maximum atomic E-state index is 12.7. The molecule has 0 aliphatic carbocycles. The third-order valence-electron chi connectivity index (χ3n) is 4.32. The van der Waals surface area contributed by atoms with Gasteiger partial charge in [-0.25, -0.2) is 0 Å². The lowest BCUT2D eigenvalue weighted by Crippen LogP contribution is -2.52. The van der Waals surface area contributed by atoms with Crippen molar-refractivity contribution >= 4 is 17.5 Å². The Kier molecular flexibility index (Phi) is 5.55. The van der Waals surface area contributed by atoms with E-state index in [1.54, 1.807) is 0 Å². The van der Waals surface area contributed by atoms with Gasteiger partial charge in [0.1, 0.15) is 6.54 Å². The first-order valence-corrected chi connectivity index (χ1v) is 7.91. The number of hydrogen-bond acceptors (Lipinski definition) is 3. The van der Waals surface area contributed by atoms with Gasteiger partial charge in [-0.1, -0.05) is 18.2 Å². The van der Waals surface area contributed by atoms with Crippen LogP contribution in [0.25, 0.3) is 0 Å². The van der Waals surface area contributed by atoms with Gasteiger partial charge in [-0.05, 0) is 45.2 Å². The van der Waals surface area contributed by atoms with Crippen molar-refractivity contribution in [3.8, 4) is 0 Å². The van der Waals surface area contributed by atoms with Crippen LogP contribution in [-0.2, 0) is 9.59 Å². The second-order valence-electron chi connectivity index (χ2n) is 5.95. The number of hydrogen-bond donors (Lipinski definition) is 1. The van der Waals surface area contributed by atoms with Crippen LogP contribution in [0.5, 0.6) is 0 Å². The first-order chi connectivity index (χ1) is 10.5. The molecule has 0 spiro atoms. The standard InChI is InChI=1S/C17H25N3O2/c1-13-7-6-8-14(2)20(13)17(22)12-19(16(21)11-18)15-9-4-3-5-10-15/h3-5,9-10,13-14H,6-8,11-12,18H2,1-2H3/t13-,14+. The van der Waals surface area contributed by atoms with Gasteiger partial charge in [0.2, 0.25) is 11.8 Å². The van der Waals surface area contributed by atoms with E-state index in [2.05, 4.69) is 13.8 Å². The number of benzene rings is 1. The van der Waals surface area contributed by atoms with Gasteiger partial charge in [-0.15, -0.1) is 0 Å². The van der Waals surface area contributed by atoms with Crippen LogP contribution in [0, 0.1) is 0 Å². The fourth-order valence-corrected chi connectivity index (χ4v) is 3.17. The Hall–Kier alpha value is -1.88. The van der Waals surface area contributed by atoms with Gasteiger partial charge >= 0.3 is 0 Å². The Morgan fingerprint density at radius 2 is 1.77 bits per heavy atom.